The lowest BCUT2D eigenvalue weighted by atomic mass is 9.88. The molecular formula is C20H34O4. The molecule has 0 aliphatic heterocycles. The third-order valence-electron chi connectivity index (χ3n) is 4.97. The highest BCUT2D eigenvalue weighted by molar-refractivity contribution is 5.84. The van der Waals surface area contributed by atoms with Gasteiger partial charge in [-0.25, -0.2) is 0 Å². The molecule has 0 heterocycles. The molecule has 0 bridgehead atoms. The molecule has 0 amide bonds. The summed E-state index contributed by atoms with van der Waals surface area (Å²) in [5, 5.41) is 18.7. The molecule has 0 aromatic rings. The second kappa shape index (κ2) is 12.2. The first-order valence-electron chi connectivity index (χ1n) is 9.65. The van der Waals surface area contributed by atoms with Gasteiger partial charge in [0, 0.05) is 24.7 Å². The van der Waals surface area contributed by atoms with Gasteiger partial charge in [0.05, 0.1) is 6.10 Å². The summed E-state index contributed by atoms with van der Waals surface area (Å²) in [5.41, 5.74) is 0. The van der Waals surface area contributed by atoms with Crippen molar-refractivity contribution in [2.24, 2.45) is 11.8 Å². The molecule has 1 fully saturated rings. The molecule has 1 unspecified atom stereocenters. The first-order chi connectivity index (χ1) is 11.6. The Morgan fingerprint density at radius 2 is 1.83 bits per heavy atom. The summed E-state index contributed by atoms with van der Waals surface area (Å²) in [6.07, 6.45) is 14.4. The maximum absolute atomic E-state index is 12.1. The van der Waals surface area contributed by atoms with Crippen molar-refractivity contribution in [3.05, 3.63) is 12.2 Å². The zero-order chi connectivity index (χ0) is 17.8. The SMILES string of the molecule is CCCCCC/C=C/C1[C@H](O)CC(=O)[C@@H]1CCCCCCC(=O)O. The summed E-state index contributed by atoms with van der Waals surface area (Å²) < 4.78 is 0. The number of aliphatic hydroxyl groups is 1. The van der Waals surface area contributed by atoms with Crippen molar-refractivity contribution in [2.75, 3.05) is 0 Å². The fraction of sp³-hybridized carbons (Fsp3) is 0.800. The zero-order valence-electron chi connectivity index (χ0n) is 15.1. The third-order valence-corrected chi connectivity index (χ3v) is 4.97. The van der Waals surface area contributed by atoms with Crippen molar-refractivity contribution in [3.63, 3.8) is 0 Å². The number of hydrogen-bond acceptors (Lipinski definition) is 3. The molecule has 4 nitrogen and oxygen atoms in total. The Bertz CT molecular complexity index is 402. The van der Waals surface area contributed by atoms with Crippen LogP contribution in [-0.2, 0) is 9.59 Å². The Morgan fingerprint density at radius 3 is 2.54 bits per heavy atom. The molecule has 0 spiro atoms. The van der Waals surface area contributed by atoms with Crippen LogP contribution in [0.1, 0.15) is 84.0 Å². The maximum atomic E-state index is 12.1. The molecule has 3 atom stereocenters. The number of ketones is 1. The standard InChI is InChI=1S/C20H34O4/c1-2-3-4-5-6-9-12-16-17(19(22)15-18(16)21)13-10-7-8-11-14-20(23)24/h9,12,16-18,21H,2-8,10-11,13-15H2,1H3,(H,23,24)/b12-9+/t16?,17-,18-/m1/s1. The van der Waals surface area contributed by atoms with Gasteiger partial charge in [0.25, 0.3) is 0 Å². The number of carbonyl (C=O) groups excluding carboxylic acids is 1. The number of hydrogen-bond donors (Lipinski definition) is 2. The Kier molecular flexibility index (Phi) is 10.6. The van der Waals surface area contributed by atoms with Crippen molar-refractivity contribution >= 4 is 11.8 Å². The smallest absolute Gasteiger partial charge is 0.303 e. The molecule has 0 saturated heterocycles. The van der Waals surface area contributed by atoms with E-state index in [1.807, 2.05) is 0 Å². The molecule has 1 saturated carbocycles. The van der Waals surface area contributed by atoms with Crippen molar-refractivity contribution in [1.82, 2.24) is 0 Å². The van der Waals surface area contributed by atoms with Crippen molar-refractivity contribution < 1.29 is 19.8 Å². The Balaban J connectivity index is 2.30. The van der Waals surface area contributed by atoms with Crippen LogP contribution in [0, 0.1) is 11.8 Å². The van der Waals surface area contributed by atoms with Crippen LogP contribution in [0.4, 0.5) is 0 Å². The first-order valence-corrected chi connectivity index (χ1v) is 9.65. The molecule has 0 radical (unpaired) electrons. The molecule has 1 aliphatic carbocycles. The average molecular weight is 338 g/mol. The Hall–Kier alpha value is -1.16. The lowest BCUT2D eigenvalue weighted by Gasteiger charge is -2.17. The Labute approximate surface area is 146 Å². The molecular weight excluding hydrogens is 304 g/mol. The Morgan fingerprint density at radius 1 is 1.12 bits per heavy atom. The zero-order valence-corrected chi connectivity index (χ0v) is 15.1. The van der Waals surface area contributed by atoms with Crippen molar-refractivity contribution in [1.29, 1.82) is 0 Å². The van der Waals surface area contributed by atoms with Crippen LogP contribution < -0.4 is 0 Å². The largest absolute Gasteiger partial charge is 0.481 e. The number of carboxylic acid groups (broad SMARTS) is 1. The van der Waals surface area contributed by atoms with E-state index in [2.05, 4.69) is 19.1 Å². The van der Waals surface area contributed by atoms with E-state index in [4.69, 9.17) is 5.11 Å². The lowest BCUT2D eigenvalue weighted by Crippen LogP contribution is -2.18. The van der Waals surface area contributed by atoms with Gasteiger partial charge in [-0.05, 0) is 25.7 Å². The van der Waals surface area contributed by atoms with E-state index in [-0.39, 0.29) is 30.5 Å². The van der Waals surface area contributed by atoms with Gasteiger partial charge in [-0.1, -0.05) is 57.6 Å². The van der Waals surface area contributed by atoms with E-state index < -0.39 is 12.1 Å². The predicted molar refractivity (Wildman–Crippen MR) is 95.8 cm³/mol. The minimum Gasteiger partial charge on any atom is -0.481 e. The van der Waals surface area contributed by atoms with Crippen molar-refractivity contribution in [3.8, 4) is 0 Å². The number of carbonyl (C=O) groups is 2. The van der Waals surface area contributed by atoms with E-state index in [1.165, 1.54) is 25.7 Å². The summed E-state index contributed by atoms with van der Waals surface area (Å²) in [4.78, 5) is 22.6. The number of Topliss-reactive ketones (excluding diaryl/α,β-unsaturated/α-hetero) is 1. The second-order valence-corrected chi connectivity index (χ2v) is 7.05. The molecule has 24 heavy (non-hydrogen) atoms. The highest BCUT2D eigenvalue weighted by Crippen LogP contribution is 2.34. The summed E-state index contributed by atoms with van der Waals surface area (Å²) in [5.74, 6) is -0.629. The van der Waals surface area contributed by atoms with Crippen LogP contribution in [0.3, 0.4) is 0 Å². The van der Waals surface area contributed by atoms with E-state index in [0.29, 0.717) is 6.42 Å². The van der Waals surface area contributed by atoms with Gasteiger partial charge in [-0.2, -0.15) is 0 Å². The summed E-state index contributed by atoms with van der Waals surface area (Å²) in [7, 11) is 0. The number of aliphatic carboxylic acids is 1. The van der Waals surface area contributed by atoms with Gasteiger partial charge in [0.1, 0.15) is 5.78 Å². The van der Waals surface area contributed by atoms with Gasteiger partial charge in [-0.3, -0.25) is 9.59 Å². The molecule has 1 aliphatic rings. The minimum atomic E-state index is -0.742. The highest BCUT2D eigenvalue weighted by Gasteiger charge is 2.39. The van der Waals surface area contributed by atoms with E-state index >= 15 is 0 Å². The number of rotatable bonds is 13. The fourth-order valence-corrected chi connectivity index (χ4v) is 3.53. The monoisotopic (exact) mass is 338 g/mol. The molecule has 2 N–H and O–H groups in total. The normalized spacial score (nSPS) is 24.1. The van der Waals surface area contributed by atoms with Crippen LogP contribution in [0.2, 0.25) is 0 Å². The average Bonchev–Trinajstić information content (AvgIpc) is 2.80. The first kappa shape index (κ1) is 20.9. The van der Waals surface area contributed by atoms with E-state index in [1.54, 1.807) is 0 Å². The number of allylic oxidation sites excluding steroid dienone is 1. The van der Waals surface area contributed by atoms with Gasteiger partial charge in [0.2, 0.25) is 0 Å². The second-order valence-electron chi connectivity index (χ2n) is 7.05. The minimum absolute atomic E-state index is 0.0253. The summed E-state index contributed by atoms with van der Waals surface area (Å²) in [6, 6.07) is 0. The van der Waals surface area contributed by atoms with Crippen LogP contribution in [0.15, 0.2) is 12.2 Å². The summed E-state index contributed by atoms with van der Waals surface area (Å²) in [6.45, 7) is 2.20. The number of carboxylic acids is 1. The lowest BCUT2D eigenvalue weighted by molar-refractivity contribution is -0.137. The molecule has 1 rings (SSSR count). The fourth-order valence-electron chi connectivity index (χ4n) is 3.53. The van der Waals surface area contributed by atoms with E-state index in [0.717, 1.165) is 32.1 Å². The molecule has 0 aromatic carbocycles. The van der Waals surface area contributed by atoms with Gasteiger partial charge >= 0.3 is 5.97 Å². The number of aliphatic hydroxyl groups excluding tert-OH is 1. The predicted octanol–water partition coefficient (Wildman–Crippen LogP) is 4.50. The van der Waals surface area contributed by atoms with Crippen LogP contribution in [-0.4, -0.2) is 28.1 Å². The molecule has 0 aromatic heterocycles. The van der Waals surface area contributed by atoms with Crippen molar-refractivity contribution in [2.45, 2.75) is 90.1 Å². The number of unbranched alkanes of at least 4 members (excludes halogenated alkanes) is 7. The molecule has 138 valence electrons. The highest BCUT2D eigenvalue weighted by atomic mass is 16.4. The summed E-state index contributed by atoms with van der Waals surface area (Å²) >= 11 is 0. The third kappa shape index (κ3) is 8.09. The topological polar surface area (TPSA) is 74.6 Å². The van der Waals surface area contributed by atoms with Crippen LogP contribution in [0.5, 0.6) is 0 Å². The maximum Gasteiger partial charge on any atom is 0.303 e. The molecule has 4 heteroatoms. The van der Waals surface area contributed by atoms with Gasteiger partial charge in [-0.15, -0.1) is 0 Å². The quantitative estimate of drug-likeness (QED) is 0.383. The van der Waals surface area contributed by atoms with Gasteiger partial charge in [0.15, 0.2) is 0 Å². The van der Waals surface area contributed by atoms with E-state index in [9.17, 15) is 14.7 Å². The van der Waals surface area contributed by atoms with Crippen LogP contribution in [0.25, 0.3) is 0 Å². The van der Waals surface area contributed by atoms with Crippen LogP contribution >= 0.6 is 0 Å². The van der Waals surface area contributed by atoms with Gasteiger partial charge < -0.3 is 10.2 Å².